The number of hydrogen-bond donors (Lipinski definition) is 1. The minimum Gasteiger partial charge on any atom is -0.487 e. The summed E-state index contributed by atoms with van der Waals surface area (Å²) in [4.78, 5) is 18.5. The van der Waals surface area contributed by atoms with Crippen molar-refractivity contribution in [3.05, 3.63) is 59.4 Å². The van der Waals surface area contributed by atoms with E-state index < -0.39 is 0 Å². The molecule has 2 aliphatic rings. The lowest BCUT2D eigenvalue weighted by molar-refractivity contribution is 0.0788. The minimum atomic E-state index is -0.126. The lowest BCUT2D eigenvalue weighted by Crippen LogP contribution is -2.35. The van der Waals surface area contributed by atoms with Crippen LogP contribution in [0.2, 0.25) is 0 Å². The van der Waals surface area contributed by atoms with Crippen LogP contribution in [0, 0.1) is 0 Å². The molecule has 3 heterocycles. The fraction of sp³-hybridized carbons (Fsp3) is 0.429. The number of nitrogens with one attached hydrogen (secondary N) is 1. The van der Waals surface area contributed by atoms with Crippen LogP contribution in [0.25, 0.3) is 0 Å². The lowest BCUT2D eigenvalue weighted by Gasteiger charge is -2.19. The van der Waals surface area contributed by atoms with Crippen molar-refractivity contribution in [3.63, 3.8) is 0 Å². The summed E-state index contributed by atoms with van der Waals surface area (Å²) in [7, 11) is 0. The molecular weight excluding hydrogens is 326 g/mol. The van der Waals surface area contributed by atoms with Gasteiger partial charge in [0.25, 0.3) is 5.91 Å². The molecule has 1 N–H and O–H groups in total. The zero-order chi connectivity index (χ0) is 18.1. The molecule has 2 aliphatic heterocycles. The quantitative estimate of drug-likeness (QED) is 0.920. The molecule has 1 fully saturated rings. The van der Waals surface area contributed by atoms with Gasteiger partial charge in [0, 0.05) is 50.1 Å². The van der Waals surface area contributed by atoms with Gasteiger partial charge in [-0.1, -0.05) is 18.2 Å². The average Bonchev–Trinajstić information content (AvgIpc) is 3.23. The van der Waals surface area contributed by atoms with Gasteiger partial charge in [-0.15, -0.1) is 0 Å². The molecule has 1 aromatic heterocycles. The van der Waals surface area contributed by atoms with Gasteiger partial charge in [-0.25, -0.2) is 0 Å². The van der Waals surface area contributed by atoms with Crippen LogP contribution in [0.3, 0.4) is 0 Å². The van der Waals surface area contributed by atoms with E-state index in [0.717, 1.165) is 38.2 Å². The van der Waals surface area contributed by atoms with Crippen molar-refractivity contribution in [1.82, 2.24) is 15.2 Å². The van der Waals surface area contributed by atoms with Gasteiger partial charge in [0.1, 0.15) is 11.4 Å². The molecule has 5 nitrogen and oxygen atoms in total. The van der Waals surface area contributed by atoms with Crippen molar-refractivity contribution in [2.75, 3.05) is 13.1 Å². The third-order valence-electron chi connectivity index (χ3n) is 5.14. The number of likely N-dealkylation sites (tertiary alicyclic amines) is 1. The topological polar surface area (TPSA) is 54.5 Å². The number of para-hydroxylation sites is 1. The number of benzene rings is 1. The largest absolute Gasteiger partial charge is 0.487 e. The molecule has 4 rings (SSSR count). The van der Waals surface area contributed by atoms with Crippen molar-refractivity contribution in [2.24, 2.45) is 0 Å². The van der Waals surface area contributed by atoms with Gasteiger partial charge in [-0.2, -0.15) is 0 Å². The van der Waals surface area contributed by atoms with E-state index in [1.165, 1.54) is 11.1 Å². The molecule has 1 atom stereocenters. The van der Waals surface area contributed by atoms with Crippen molar-refractivity contribution in [3.8, 4) is 5.75 Å². The Labute approximate surface area is 154 Å². The first-order chi connectivity index (χ1) is 12.5. The van der Waals surface area contributed by atoms with Crippen LogP contribution in [-0.4, -0.2) is 40.5 Å². The zero-order valence-electron chi connectivity index (χ0n) is 15.4. The summed E-state index contributed by atoms with van der Waals surface area (Å²) in [6.07, 6.45) is 5.24. The molecule has 0 bridgehead atoms. The van der Waals surface area contributed by atoms with E-state index in [1.54, 1.807) is 18.5 Å². The molecular formula is C21H25N3O2. The third kappa shape index (κ3) is 3.44. The molecule has 1 saturated heterocycles. The van der Waals surface area contributed by atoms with Gasteiger partial charge in [-0.05, 0) is 38.0 Å². The number of nitrogens with zero attached hydrogens (tertiary/aromatic N) is 2. The maximum absolute atomic E-state index is 12.5. The number of amides is 1. The Balaban J connectivity index is 1.36. The number of carbonyl (C=O) groups is 1. The molecule has 2 aromatic rings. The van der Waals surface area contributed by atoms with Crippen LogP contribution >= 0.6 is 0 Å². The molecule has 1 aromatic carbocycles. The predicted octanol–water partition coefficient (Wildman–Crippen LogP) is 2.80. The molecule has 0 aliphatic carbocycles. The van der Waals surface area contributed by atoms with Gasteiger partial charge < -0.3 is 15.0 Å². The van der Waals surface area contributed by atoms with E-state index >= 15 is 0 Å². The highest BCUT2D eigenvalue weighted by molar-refractivity contribution is 5.94. The van der Waals surface area contributed by atoms with E-state index in [2.05, 4.69) is 42.3 Å². The van der Waals surface area contributed by atoms with E-state index in [1.807, 2.05) is 11.0 Å². The molecule has 1 unspecified atom stereocenters. The normalized spacial score (nSPS) is 20.7. The lowest BCUT2D eigenvalue weighted by atomic mass is 10.0. The molecule has 5 heteroatoms. The average molecular weight is 351 g/mol. The summed E-state index contributed by atoms with van der Waals surface area (Å²) in [6.45, 7) is 6.53. The first kappa shape index (κ1) is 17.0. The Morgan fingerprint density at radius 2 is 2.23 bits per heavy atom. The van der Waals surface area contributed by atoms with E-state index in [4.69, 9.17) is 4.74 Å². The summed E-state index contributed by atoms with van der Waals surface area (Å²) in [5, 5.41) is 3.60. The fourth-order valence-corrected chi connectivity index (χ4v) is 3.86. The molecule has 0 radical (unpaired) electrons. The van der Waals surface area contributed by atoms with E-state index in [9.17, 15) is 4.79 Å². The van der Waals surface area contributed by atoms with Crippen LogP contribution in [0.4, 0.5) is 0 Å². The zero-order valence-corrected chi connectivity index (χ0v) is 15.4. The monoisotopic (exact) mass is 351 g/mol. The maximum atomic E-state index is 12.5. The summed E-state index contributed by atoms with van der Waals surface area (Å²) < 4.78 is 6.15. The molecule has 1 amide bonds. The number of fused-ring (bicyclic) bond motifs is 1. The number of pyridine rings is 1. The number of carbonyl (C=O) groups excluding carboxylic acids is 1. The number of aromatic nitrogens is 1. The highest BCUT2D eigenvalue weighted by atomic mass is 16.5. The first-order valence-corrected chi connectivity index (χ1v) is 9.24. The van der Waals surface area contributed by atoms with E-state index in [-0.39, 0.29) is 11.5 Å². The van der Waals surface area contributed by atoms with Crippen molar-refractivity contribution in [2.45, 2.75) is 44.9 Å². The molecule has 0 spiro atoms. The maximum Gasteiger partial charge on any atom is 0.255 e. The summed E-state index contributed by atoms with van der Waals surface area (Å²) in [6, 6.07) is 10.3. The van der Waals surface area contributed by atoms with Gasteiger partial charge >= 0.3 is 0 Å². The molecule has 136 valence electrons. The summed E-state index contributed by atoms with van der Waals surface area (Å²) in [5.41, 5.74) is 3.02. The van der Waals surface area contributed by atoms with Crippen molar-refractivity contribution < 1.29 is 9.53 Å². The first-order valence-electron chi connectivity index (χ1n) is 9.24. The van der Waals surface area contributed by atoms with E-state index in [0.29, 0.717) is 11.6 Å². The summed E-state index contributed by atoms with van der Waals surface area (Å²) in [5.74, 6) is 1.10. The van der Waals surface area contributed by atoms with Crippen LogP contribution < -0.4 is 10.1 Å². The second-order valence-corrected chi connectivity index (χ2v) is 7.80. The summed E-state index contributed by atoms with van der Waals surface area (Å²) >= 11 is 0. The Morgan fingerprint density at radius 3 is 3.04 bits per heavy atom. The third-order valence-corrected chi connectivity index (χ3v) is 5.14. The second-order valence-electron chi connectivity index (χ2n) is 7.80. The van der Waals surface area contributed by atoms with Crippen molar-refractivity contribution >= 4 is 5.91 Å². The Kier molecular flexibility index (Phi) is 4.41. The number of rotatable bonds is 4. The standard InChI is InChI=1S/C21H25N3O2/c1-21(2)11-15-5-3-6-16(19(15)26-21)13-23-18-8-10-24(14-18)20(25)17-7-4-9-22-12-17/h3-7,9,12,18,23H,8,10-11,13-14H2,1-2H3. The van der Waals surface area contributed by atoms with Crippen molar-refractivity contribution in [1.29, 1.82) is 0 Å². The smallest absolute Gasteiger partial charge is 0.255 e. The Hall–Kier alpha value is -2.40. The Bertz CT molecular complexity index is 804. The number of hydrogen-bond acceptors (Lipinski definition) is 4. The fourth-order valence-electron chi connectivity index (χ4n) is 3.86. The Morgan fingerprint density at radius 1 is 1.35 bits per heavy atom. The predicted molar refractivity (Wildman–Crippen MR) is 100 cm³/mol. The van der Waals surface area contributed by atoms with Gasteiger partial charge in [0.15, 0.2) is 0 Å². The second kappa shape index (κ2) is 6.72. The van der Waals surface area contributed by atoms with Crippen LogP contribution in [-0.2, 0) is 13.0 Å². The molecule has 0 saturated carbocycles. The van der Waals surface area contributed by atoms with Gasteiger partial charge in [0.05, 0.1) is 5.56 Å². The number of ether oxygens (including phenoxy) is 1. The van der Waals surface area contributed by atoms with Gasteiger partial charge in [-0.3, -0.25) is 9.78 Å². The highest BCUT2D eigenvalue weighted by Gasteiger charge is 2.32. The van der Waals surface area contributed by atoms with Crippen LogP contribution in [0.1, 0.15) is 41.8 Å². The molecule has 26 heavy (non-hydrogen) atoms. The minimum absolute atomic E-state index is 0.0630. The SMILES string of the molecule is CC1(C)Cc2cccc(CNC3CCN(C(=O)c4cccnc4)C3)c2O1. The van der Waals surface area contributed by atoms with Crippen LogP contribution in [0.5, 0.6) is 5.75 Å². The highest BCUT2D eigenvalue weighted by Crippen LogP contribution is 2.37. The van der Waals surface area contributed by atoms with Crippen LogP contribution in [0.15, 0.2) is 42.7 Å². The van der Waals surface area contributed by atoms with Gasteiger partial charge in [0.2, 0.25) is 0 Å².